The molecule has 2 N–H and O–H groups in total. The van der Waals surface area contributed by atoms with Crippen molar-refractivity contribution in [3.05, 3.63) is 17.6 Å². The summed E-state index contributed by atoms with van der Waals surface area (Å²) in [5, 5.41) is 0.981. The largest absolute Gasteiger partial charge is 0.383 e. The third-order valence-electron chi connectivity index (χ3n) is 4.03. The standard InChI is InChI=1S/C13H18N4O/c1-7-8(2)17(10-4-5-18-9(10)3)13-11(7)12(14)15-6-16-13/h6,9-10H,4-5H2,1-3H3,(H2,14,15,16). The van der Waals surface area contributed by atoms with Crippen LogP contribution in [0.25, 0.3) is 11.0 Å². The third kappa shape index (κ3) is 1.43. The van der Waals surface area contributed by atoms with Gasteiger partial charge < -0.3 is 15.0 Å². The van der Waals surface area contributed by atoms with Crippen LogP contribution in [0, 0.1) is 13.8 Å². The highest BCUT2D eigenvalue weighted by atomic mass is 16.5. The minimum atomic E-state index is 0.217. The van der Waals surface area contributed by atoms with Gasteiger partial charge in [-0.2, -0.15) is 0 Å². The van der Waals surface area contributed by atoms with E-state index in [1.165, 1.54) is 17.6 Å². The third-order valence-corrected chi connectivity index (χ3v) is 4.03. The van der Waals surface area contributed by atoms with Gasteiger partial charge in [-0.3, -0.25) is 0 Å². The monoisotopic (exact) mass is 246 g/mol. The van der Waals surface area contributed by atoms with E-state index in [9.17, 15) is 0 Å². The summed E-state index contributed by atoms with van der Waals surface area (Å²) in [5.74, 6) is 0.561. The second-order valence-electron chi connectivity index (χ2n) is 4.97. The summed E-state index contributed by atoms with van der Waals surface area (Å²) >= 11 is 0. The van der Waals surface area contributed by atoms with Gasteiger partial charge in [0.1, 0.15) is 17.8 Å². The molecule has 1 fully saturated rings. The first kappa shape index (κ1) is 11.5. The van der Waals surface area contributed by atoms with Crippen molar-refractivity contribution in [3.63, 3.8) is 0 Å². The van der Waals surface area contributed by atoms with Gasteiger partial charge in [-0.15, -0.1) is 0 Å². The van der Waals surface area contributed by atoms with E-state index in [-0.39, 0.29) is 6.10 Å². The van der Waals surface area contributed by atoms with Crippen molar-refractivity contribution in [3.8, 4) is 0 Å². The number of anilines is 1. The second kappa shape index (κ2) is 3.95. The Balaban J connectivity index is 2.29. The van der Waals surface area contributed by atoms with Gasteiger partial charge in [-0.25, -0.2) is 9.97 Å². The molecule has 2 atom stereocenters. The van der Waals surface area contributed by atoms with Gasteiger partial charge in [0.25, 0.3) is 0 Å². The molecule has 0 radical (unpaired) electrons. The summed E-state index contributed by atoms with van der Waals surface area (Å²) in [6, 6.07) is 0.343. The van der Waals surface area contributed by atoms with Crippen LogP contribution in [0.4, 0.5) is 5.82 Å². The Morgan fingerprint density at radius 1 is 1.39 bits per heavy atom. The number of rotatable bonds is 1. The second-order valence-corrected chi connectivity index (χ2v) is 4.97. The summed E-state index contributed by atoms with van der Waals surface area (Å²) in [4.78, 5) is 8.51. The molecule has 0 aromatic carbocycles. The van der Waals surface area contributed by atoms with Crippen LogP contribution in [0.2, 0.25) is 0 Å². The van der Waals surface area contributed by atoms with Crippen LogP contribution in [0.1, 0.15) is 30.6 Å². The summed E-state index contributed by atoms with van der Waals surface area (Å²) in [7, 11) is 0. The molecule has 3 heterocycles. The predicted molar refractivity (Wildman–Crippen MR) is 70.5 cm³/mol. The maximum atomic E-state index is 5.98. The van der Waals surface area contributed by atoms with Gasteiger partial charge in [-0.05, 0) is 32.8 Å². The molecule has 0 spiro atoms. The molecule has 96 valence electrons. The smallest absolute Gasteiger partial charge is 0.146 e. The fourth-order valence-electron chi connectivity index (χ4n) is 2.92. The molecule has 2 unspecified atom stereocenters. The van der Waals surface area contributed by atoms with E-state index in [4.69, 9.17) is 10.5 Å². The lowest BCUT2D eigenvalue weighted by Gasteiger charge is -2.19. The van der Waals surface area contributed by atoms with Gasteiger partial charge >= 0.3 is 0 Å². The van der Waals surface area contributed by atoms with E-state index in [0.29, 0.717) is 11.9 Å². The normalized spacial score (nSPS) is 23.9. The summed E-state index contributed by atoms with van der Waals surface area (Å²) in [6.45, 7) is 7.11. The van der Waals surface area contributed by atoms with E-state index in [2.05, 4.69) is 35.3 Å². The molecule has 1 saturated heterocycles. The van der Waals surface area contributed by atoms with E-state index >= 15 is 0 Å². The molecule has 2 aromatic heterocycles. The van der Waals surface area contributed by atoms with Gasteiger partial charge in [0, 0.05) is 12.3 Å². The zero-order chi connectivity index (χ0) is 12.9. The number of ether oxygens (including phenoxy) is 1. The molecule has 0 aliphatic carbocycles. The van der Waals surface area contributed by atoms with Crippen molar-refractivity contribution >= 4 is 16.9 Å². The first-order chi connectivity index (χ1) is 8.61. The molecular formula is C13H18N4O. The Kier molecular flexibility index (Phi) is 2.52. The fraction of sp³-hybridized carbons (Fsp3) is 0.538. The van der Waals surface area contributed by atoms with Crippen molar-refractivity contribution in [2.75, 3.05) is 12.3 Å². The van der Waals surface area contributed by atoms with Crippen molar-refractivity contribution < 1.29 is 4.74 Å². The van der Waals surface area contributed by atoms with E-state index in [0.717, 1.165) is 24.1 Å². The van der Waals surface area contributed by atoms with Crippen molar-refractivity contribution in [2.45, 2.75) is 39.3 Å². The van der Waals surface area contributed by atoms with Crippen molar-refractivity contribution in [2.24, 2.45) is 0 Å². The highest BCUT2D eigenvalue weighted by Gasteiger charge is 2.29. The van der Waals surface area contributed by atoms with Gasteiger partial charge in [0.2, 0.25) is 0 Å². The highest BCUT2D eigenvalue weighted by Crippen LogP contribution is 2.35. The van der Waals surface area contributed by atoms with Gasteiger partial charge in [0.05, 0.1) is 17.5 Å². The average molecular weight is 246 g/mol. The lowest BCUT2D eigenvalue weighted by Crippen LogP contribution is -2.18. The summed E-state index contributed by atoms with van der Waals surface area (Å²) < 4.78 is 7.93. The maximum Gasteiger partial charge on any atom is 0.146 e. The minimum absolute atomic E-state index is 0.217. The number of hydrogen-bond acceptors (Lipinski definition) is 4. The molecule has 0 amide bonds. The van der Waals surface area contributed by atoms with Crippen LogP contribution >= 0.6 is 0 Å². The van der Waals surface area contributed by atoms with Crippen LogP contribution in [-0.2, 0) is 4.74 Å². The Morgan fingerprint density at radius 3 is 2.83 bits per heavy atom. The topological polar surface area (TPSA) is 66.0 Å². The van der Waals surface area contributed by atoms with Crippen molar-refractivity contribution in [1.29, 1.82) is 0 Å². The Hall–Kier alpha value is -1.62. The average Bonchev–Trinajstić information content (AvgIpc) is 2.84. The molecule has 1 aliphatic rings. The molecule has 3 rings (SSSR count). The number of hydrogen-bond donors (Lipinski definition) is 1. The van der Waals surface area contributed by atoms with Gasteiger partial charge in [0.15, 0.2) is 0 Å². The van der Waals surface area contributed by atoms with E-state index in [1.807, 2.05) is 0 Å². The molecule has 1 aliphatic heterocycles. The van der Waals surface area contributed by atoms with Crippen LogP contribution in [0.3, 0.4) is 0 Å². The fourth-order valence-corrected chi connectivity index (χ4v) is 2.92. The van der Waals surface area contributed by atoms with Crippen LogP contribution in [-0.4, -0.2) is 27.2 Å². The summed E-state index contributed by atoms with van der Waals surface area (Å²) in [5.41, 5.74) is 9.28. The molecular weight excluding hydrogens is 228 g/mol. The van der Waals surface area contributed by atoms with Gasteiger partial charge in [-0.1, -0.05) is 0 Å². The van der Waals surface area contributed by atoms with E-state index in [1.54, 1.807) is 0 Å². The highest BCUT2D eigenvalue weighted by molar-refractivity contribution is 5.90. The number of nitrogen functional groups attached to an aromatic ring is 1. The van der Waals surface area contributed by atoms with Crippen LogP contribution < -0.4 is 5.73 Å². The molecule has 5 heteroatoms. The maximum absolute atomic E-state index is 5.98. The zero-order valence-corrected chi connectivity index (χ0v) is 11.0. The Morgan fingerprint density at radius 2 is 2.17 bits per heavy atom. The number of aryl methyl sites for hydroxylation is 1. The lowest BCUT2D eigenvalue weighted by molar-refractivity contribution is 0.108. The molecule has 0 saturated carbocycles. The first-order valence-electron chi connectivity index (χ1n) is 6.30. The number of aromatic nitrogens is 3. The predicted octanol–water partition coefficient (Wildman–Crippen LogP) is 1.98. The van der Waals surface area contributed by atoms with E-state index < -0.39 is 0 Å². The SMILES string of the molecule is Cc1c(C)n(C2CCOC2C)c2ncnc(N)c12. The lowest BCUT2D eigenvalue weighted by atomic mass is 10.1. The van der Waals surface area contributed by atoms with Crippen molar-refractivity contribution in [1.82, 2.24) is 14.5 Å². The summed E-state index contributed by atoms with van der Waals surface area (Å²) in [6.07, 6.45) is 2.78. The first-order valence-corrected chi connectivity index (χ1v) is 6.30. The Bertz CT molecular complexity index is 605. The zero-order valence-electron chi connectivity index (χ0n) is 11.0. The quantitative estimate of drug-likeness (QED) is 0.835. The number of nitrogens with zero attached hydrogens (tertiary/aromatic N) is 3. The number of nitrogens with two attached hydrogens (primary N) is 1. The molecule has 18 heavy (non-hydrogen) atoms. The van der Waals surface area contributed by atoms with Crippen LogP contribution in [0.5, 0.6) is 0 Å². The molecule has 0 bridgehead atoms. The Labute approximate surface area is 106 Å². The minimum Gasteiger partial charge on any atom is -0.383 e. The molecule has 5 nitrogen and oxygen atoms in total. The van der Waals surface area contributed by atoms with Crippen LogP contribution in [0.15, 0.2) is 6.33 Å². The number of fused-ring (bicyclic) bond motifs is 1. The molecule has 2 aromatic rings.